The first-order chi connectivity index (χ1) is 11.9. The topological polar surface area (TPSA) is 102 Å². The summed E-state index contributed by atoms with van der Waals surface area (Å²) in [4.78, 5) is 37.1. The highest BCUT2D eigenvalue weighted by molar-refractivity contribution is 5.98. The van der Waals surface area contributed by atoms with E-state index >= 15 is 0 Å². The van der Waals surface area contributed by atoms with Crippen LogP contribution in [-0.2, 0) is 14.3 Å². The number of nitro benzene ring substituents is 1. The van der Waals surface area contributed by atoms with E-state index in [9.17, 15) is 19.7 Å². The number of hydrogen-bond donors (Lipinski definition) is 1. The van der Waals surface area contributed by atoms with Gasteiger partial charge < -0.3 is 10.1 Å². The maximum Gasteiger partial charge on any atom is 0.307 e. The monoisotopic (exact) mass is 349 g/mol. The third-order valence-electron chi connectivity index (χ3n) is 4.33. The molecule has 1 aromatic carbocycles. The number of carbonyl (C=O) groups is 2. The summed E-state index contributed by atoms with van der Waals surface area (Å²) >= 11 is 0. The van der Waals surface area contributed by atoms with Crippen molar-refractivity contribution in [3.8, 4) is 0 Å². The second kappa shape index (κ2) is 8.57. The lowest BCUT2D eigenvalue weighted by Gasteiger charge is -2.33. The highest BCUT2D eigenvalue weighted by Gasteiger charge is 2.31. The molecule has 1 aliphatic heterocycles. The van der Waals surface area contributed by atoms with Gasteiger partial charge in [0, 0.05) is 6.07 Å². The van der Waals surface area contributed by atoms with Crippen LogP contribution in [0.25, 0.3) is 0 Å². The zero-order chi connectivity index (χ0) is 18.4. The fraction of sp³-hybridized carbons (Fsp3) is 0.529. The maximum atomic E-state index is 12.7. The van der Waals surface area contributed by atoms with Gasteiger partial charge in [-0.1, -0.05) is 12.5 Å². The molecule has 1 saturated heterocycles. The Morgan fingerprint density at radius 3 is 2.60 bits per heavy atom. The van der Waals surface area contributed by atoms with E-state index in [0.717, 1.165) is 24.8 Å². The highest BCUT2D eigenvalue weighted by Crippen LogP contribution is 2.26. The molecule has 0 aromatic heterocycles. The van der Waals surface area contributed by atoms with Crippen molar-refractivity contribution in [2.45, 2.75) is 38.6 Å². The lowest BCUT2D eigenvalue weighted by molar-refractivity contribution is -0.384. The fourth-order valence-electron chi connectivity index (χ4n) is 2.97. The molecule has 0 spiro atoms. The van der Waals surface area contributed by atoms with E-state index in [2.05, 4.69) is 5.32 Å². The minimum atomic E-state index is -0.700. The summed E-state index contributed by atoms with van der Waals surface area (Å²) in [5.41, 5.74) is 0.697. The van der Waals surface area contributed by atoms with Gasteiger partial charge in [-0.2, -0.15) is 0 Å². The Balaban J connectivity index is 2.21. The number of rotatable bonds is 6. The highest BCUT2D eigenvalue weighted by atomic mass is 16.6. The number of nitrogens with one attached hydrogen (secondary N) is 1. The van der Waals surface area contributed by atoms with E-state index in [1.165, 1.54) is 19.2 Å². The number of nitro groups is 1. The molecule has 0 aliphatic carbocycles. The van der Waals surface area contributed by atoms with Crippen molar-refractivity contribution in [1.29, 1.82) is 0 Å². The molecule has 0 radical (unpaired) electrons. The molecule has 2 rings (SSSR count). The largest absolute Gasteiger partial charge is 0.469 e. The minimum absolute atomic E-state index is 0.0814. The van der Waals surface area contributed by atoms with Crippen LogP contribution in [0.2, 0.25) is 0 Å². The number of carbonyl (C=O) groups excluding carboxylic acids is 2. The smallest absolute Gasteiger partial charge is 0.307 e. The van der Waals surface area contributed by atoms with Crippen molar-refractivity contribution < 1.29 is 19.2 Å². The Bertz CT molecular complexity index is 656. The van der Waals surface area contributed by atoms with Gasteiger partial charge in [-0.05, 0) is 44.5 Å². The zero-order valence-electron chi connectivity index (χ0n) is 14.5. The van der Waals surface area contributed by atoms with Gasteiger partial charge in [-0.25, -0.2) is 0 Å². The summed E-state index contributed by atoms with van der Waals surface area (Å²) < 4.78 is 4.70. The molecule has 0 bridgehead atoms. The van der Waals surface area contributed by atoms with Crippen LogP contribution >= 0.6 is 0 Å². The number of aryl methyl sites for hydroxylation is 1. The lowest BCUT2D eigenvalue weighted by Crippen LogP contribution is -2.47. The van der Waals surface area contributed by atoms with Crippen molar-refractivity contribution in [3.63, 3.8) is 0 Å². The Morgan fingerprint density at radius 1 is 1.32 bits per heavy atom. The molecule has 1 aromatic rings. The van der Waals surface area contributed by atoms with Crippen LogP contribution in [0.4, 0.5) is 11.4 Å². The number of benzene rings is 1. The minimum Gasteiger partial charge on any atom is -0.469 e. The van der Waals surface area contributed by atoms with Gasteiger partial charge >= 0.3 is 5.97 Å². The Morgan fingerprint density at radius 2 is 2.00 bits per heavy atom. The number of methoxy groups -OCH3 is 1. The predicted molar refractivity (Wildman–Crippen MR) is 92.3 cm³/mol. The van der Waals surface area contributed by atoms with Gasteiger partial charge in [0.15, 0.2) is 0 Å². The summed E-state index contributed by atoms with van der Waals surface area (Å²) in [6.45, 7) is 3.17. The first kappa shape index (κ1) is 18.9. The number of piperidine rings is 1. The molecular weight excluding hydrogens is 326 g/mol. The summed E-state index contributed by atoms with van der Waals surface area (Å²) in [5.74, 6) is -0.914. The van der Waals surface area contributed by atoms with Crippen LogP contribution in [0.3, 0.4) is 0 Å². The Hall–Kier alpha value is -2.48. The number of nitrogens with zero attached hydrogens (tertiary/aromatic N) is 2. The zero-order valence-corrected chi connectivity index (χ0v) is 14.5. The molecule has 1 fully saturated rings. The van der Waals surface area contributed by atoms with Gasteiger partial charge in [0.25, 0.3) is 5.69 Å². The number of hydrogen-bond acceptors (Lipinski definition) is 6. The fourth-order valence-corrected chi connectivity index (χ4v) is 2.97. The van der Waals surface area contributed by atoms with Crippen molar-refractivity contribution in [2.75, 3.05) is 25.5 Å². The van der Waals surface area contributed by atoms with Crippen LogP contribution in [0, 0.1) is 17.0 Å². The number of amides is 1. The molecular formula is C17H23N3O5. The van der Waals surface area contributed by atoms with Gasteiger partial charge in [0.05, 0.1) is 18.5 Å². The average Bonchev–Trinajstić information content (AvgIpc) is 2.61. The van der Waals surface area contributed by atoms with E-state index in [0.29, 0.717) is 13.1 Å². The van der Waals surface area contributed by atoms with Gasteiger partial charge in [-0.15, -0.1) is 0 Å². The van der Waals surface area contributed by atoms with E-state index in [1.54, 1.807) is 13.0 Å². The number of esters is 1. The maximum absolute atomic E-state index is 12.7. The van der Waals surface area contributed by atoms with E-state index in [-0.39, 0.29) is 17.8 Å². The Labute approximate surface area is 146 Å². The first-order valence-corrected chi connectivity index (χ1v) is 8.29. The molecule has 136 valence electrons. The predicted octanol–water partition coefficient (Wildman–Crippen LogP) is 2.26. The molecule has 8 nitrogen and oxygen atoms in total. The van der Waals surface area contributed by atoms with Crippen molar-refractivity contribution in [3.05, 3.63) is 33.9 Å². The number of ether oxygens (including phenoxy) is 1. The Kier molecular flexibility index (Phi) is 6.46. The molecule has 8 heteroatoms. The van der Waals surface area contributed by atoms with Crippen LogP contribution < -0.4 is 5.32 Å². The second-order valence-corrected chi connectivity index (χ2v) is 6.16. The molecule has 1 heterocycles. The second-order valence-electron chi connectivity index (χ2n) is 6.16. The molecule has 25 heavy (non-hydrogen) atoms. The van der Waals surface area contributed by atoms with E-state index in [1.807, 2.05) is 4.90 Å². The van der Waals surface area contributed by atoms with Gasteiger partial charge in [0.1, 0.15) is 11.7 Å². The third-order valence-corrected chi connectivity index (χ3v) is 4.33. The molecule has 0 unspecified atom stereocenters. The molecule has 1 amide bonds. The summed E-state index contributed by atoms with van der Waals surface area (Å²) in [5, 5.41) is 13.8. The first-order valence-electron chi connectivity index (χ1n) is 8.29. The van der Waals surface area contributed by atoms with Crippen molar-refractivity contribution >= 4 is 23.3 Å². The van der Waals surface area contributed by atoms with Gasteiger partial charge in [0.2, 0.25) is 5.91 Å². The van der Waals surface area contributed by atoms with Crippen molar-refractivity contribution in [2.24, 2.45) is 0 Å². The summed E-state index contributed by atoms with van der Waals surface area (Å²) in [7, 11) is 1.28. The van der Waals surface area contributed by atoms with Crippen LogP contribution in [0.5, 0.6) is 0 Å². The molecule has 1 atom stereocenters. The third kappa shape index (κ3) is 4.99. The van der Waals surface area contributed by atoms with Crippen LogP contribution in [-0.4, -0.2) is 47.9 Å². The molecule has 1 N–H and O–H groups in total. The van der Waals surface area contributed by atoms with Crippen LogP contribution in [0.1, 0.15) is 31.2 Å². The lowest BCUT2D eigenvalue weighted by atomic mass is 10.0. The van der Waals surface area contributed by atoms with E-state index in [4.69, 9.17) is 4.74 Å². The average molecular weight is 349 g/mol. The SMILES string of the molecule is COC(=O)C[C@H](C(=O)Nc1ccc(C)cc1[N+](=O)[O-])N1CCCCC1. The van der Waals surface area contributed by atoms with Crippen LogP contribution in [0.15, 0.2) is 18.2 Å². The number of likely N-dealkylation sites (tertiary alicyclic amines) is 1. The quantitative estimate of drug-likeness (QED) is 0.480. The van der Waals surface area contributed by atoms with Crippen molar-refractivity contribution in [1.82, 2.24) is 4.90 Å². The summed E-state index contributed by atoms with van der Waals surface area (Å²) in [6, 6.07) is 3.91. The summed E-state index contributed by atoms with van der Waals surface area (Å²) in [6.07, 6.45) is 2.92. The normalized spacial score (nSPS) is 16.1. The van der Waals surface area contributed by atoms with E-state index < -0.39 is 22.8 Å². The molecule has 1 aliphatic rings. The standard InChI is InChI=1S/C17H23N3O5/c1-12-6-7-13(14(10-12)20(23)24)18-17(22)15(11-16(21)25-2)19-8-4-3-5-9-19/h6-7,10,15H,3-5,8-9,11H2,1-2H3,(H,18,22)/t15-/m1/s1. The van der Waals surface area contributed by atoms with Gasteiger partial charge in [-0.3, -0.25) is 24.6 Å². The number of anilines is 1. The molecule has 0 saturated carbocycles.